The molecule has 34 nitrogen and oxygen atoms in total. The molecule has 4 aromatic rings. The van der Waals surface area contributed by atoms with Crippen molar-refractivity contribution in [2.24, 2.45) is 0 Å². The topological polar surface area (TPSA) is 426 Å². The highest BCUT2D eigenvalue weighted by molar-refractivity contribution is 5.91. The lowest BCUT2D eigenvalue weighted by molar-refractivity contribution is -0.390. The fraction of sp³-hybridized carbons (Fsp3) is 0.596. The molecule has 3 aliphatic rings. The first-order valence-electron chi connectivity index (χ1n) is 46.2. The Morgan fingerprint density at radius 1 is 0.406 bits per heavy atom. The fourth-order valence-electron chi connectivity index (χ4n) is 15.8. The molecule has 18 atom stereocenters. The maximum atomic E-state index is 15.5. The molecule has 4 aromatic carbocycles. The molecule has 1 amide bonds. The number of unbranched alkanes of at least 4 members (excludes halogenated alkanes) is 22. The molecule has 34 heteroatoms. The average Bonchev–Trinajstić information content (AvgIpc) is 0.738. The number of esters is 13. The number of amides is 1. The van der Waals surface area contributed by atoms with Crippen molar-refractivity contribution in [3.05, 3.63) is 156 Å². The van der Waals surface area contributed by atoms with Crippen LogP contribution in [0.1, 0.15) is 278 Å². The SMILES string of the molecule is CCCCCCCCCCCCC/C=C/[C@@H](OC(=O)c1ccccc1)[C@H](CO[C@@H]1O[C@H](COC(=O)c2ccccc2)[C@@H](O[C@H]2O[C@H](COC(=O)c3ccccc3)[C@H](OC(C)=O)[C@H](O[C@]3(C(=O)OC)C[C@H](OC(C)=O)[C@@H](OC(C)=O)[C@@H]([C@H](OC(C)=O)[C@@H](COC(C)=O)OC(C)=O)O3)[C@H]2OC(C)=O)[C@H](OC(C)=O)[C@H]1OC(=O)c1ccccc1)NC(=O)CCCCCCCCCCCCCC. The Balaban J connectivity index is 1.43. The lowest BCUT2D eigenvalue weighted by Crippen LogP contribution is -2.71. The zero-order chi connectivity index (χ0) is 96.6. The van der Waals surface area contributed by atoms with Crippen LogP contribution in [0.4, 0.5) is 0 Å². The van der Waals surface area contributed by atoms with Crippen molar-refractivity contribution in [3.8, 4) is 0 Å². The minimum absolute atomic E-state index is 0.00766. The summed E-state index contributed by atoms with van der Waals surface area (Å²) < 4.78 is 118. The number of allylic oxidation sites excluding steroid dienone is 1. The number of nitrogens with one attached hydrogen (secondary N) is 1. The third kappa shape index (κ3) is 37.7. The van der Waals surface area contributed by atoms with E-state index in [1.807, 2.05) is 6.08 Å². The van der Waals surface area contributed by atoms with Crippen LogP contribution < -0.4 is 5.32 Å². The van der Waals surface area contributed by atoms with Gasteiger partial charge in [0.1, 0.15) is 62.5 Å². The second-order valence-electron chi connectivity index (χ2n) is 33.1. The lowest BCUT2D eigenvalue weighted by atomic mass is 9.89. The molecular formula is C99H133NO33. The van der Waals surface area contributed by atoms with Gasteiger partial charge in [-0.05, 0) is 73.9 Å². The van der Waals surface area contributed by atoms with Gasteiger partial charge in [0.05, 0.1) is 48.4 Å². The van der Waals surface area contributed by atoms with Crippen LogP contribution in [0.25, 0.3) is 0 Å². The van der Waals surface area contributed by atoms with Crippen molar-refractivity contribution in [2.75, 3.05) is 33.5 Å². The van der Waals surface area contributed by atoms with E-state index in [4.69, 9.17) is 90.0 Å². The minimum Gasteiger partial charge on any atom is -0.465 e. The first-order valence-corrected chi connectivity index (χ1v) is 46.2. The summed E-state index contributed by atoms with van der Waals surface area (Å²) in [4.78, 5) is 197. The van der Waals surface area contributed by atoms with Gasteiger partial charge < -0.3 is 95.3 Å². The monoisotopic (exact) mass is 1860 g/mol. The summed E-state index contributed by atoms with van der Waals surface area (Å²) in [5.41, 5.74) is 0.0113. The van der Waals surface area contributed by atoms with Crippen LogP contribution in [-0.4, -0.2) is 227 Å². The molecule has 7 rings (SSSR count). The minimum atomic E-state index is -3.33. The van der Waals surface area contributed by atoms with Gasteiger partial charge in [-0.25, -0.2) is 24.0 Å². The van der Waals surface area contributed by atoms with Crippen molar-refractivity contribution in [1.82, 2.24) is 5.32 Å². The van der Waals surface area contributed by atoms with Gasteiger partial charge in [0, 0.05) is 61.8 Å². The van der Waals surface area contributed by atoms with Gasteiger partial charge >= 0.3 is 77.6 Å². The predicted octanol–water partition coefficient (Wildman–Crippen LogP) is 14.0. The van der Waals surface area contributed by atoms with Crippen LogP contribution in [0, 0.1) is 0 Å². The second kappa shape index (κ2) is 58.9. The molecule has 133 heavy (non-hydrogen) atoms. The number of hydrogen-bond acceptors (Lipinski definition) is 33. The number of carbonyl (C=O) groups excluding carboxylic acids is 14. The van der Waals surface area contributed by atoms with Gasteiger partial charge in [0.25, 0.3) is 5.79 Å². The molecule has 0 spiro atoms. The molecule has 3 saturated heterocycles. The number of carbonyl (C=O) groups is 14. The maximum absolute atomic E-state index is 15.5. The van der Waals surface area contributed by atoms with Crippen molar-refractivity contribution < 1.29 is 157 Å². The second-order valence-corrected chi connectivity index (χ2v) is 33.1. The van der Waals surface area contributed by atoms with Gasteiger partial charge in [0.15, 0.2) is 55.3 Å². The normalized spacial score (nSPS) is 22.4. The summed E-state index contributed by atoms with van der Waals surface area (Å²) in [6, 6.07) is 29.2. The van der Waals surface area contributed by atoms with E-state index in [1.54, 1.807) is 66.7 Å². The summed E-state index contributed by atoms with van der Waals surface area (Å²) in [6.07, 6.45) is -6.63. The Kier molecular flexibility index (Phi) is 48.2. The largest absolute Gasteiger partial charge is 0.465 e. The van der Waals surface area contributed by atoms with Crippen LogP contribution in [0.5, 0.6) is 0 Å². The summed E-state index contributed by atoms with van der Waals surface area (Å²) in [5, 5.41) is 3.07. The lowest BCUT2D eigenvalue weighted by Gasteiger charge is -2.52. The Labute approximate surface area is 777 Å². The zero-order valence-corrected chi connectivity index (χ0v) is 78.2. The first kappa shape index (κ1) is 109. The van der Waals surface area contributed by atoms with E-state index in [0.717, 1.165) is 140 Å². The van der Waals surface area contributed by atoms with Crippen LogP contribution in [0.2, 0.25) is 0 Å². The molecule has 732 valence electrons. The van der Waals surface area contributed by atoms with E-state index < -0.39 is 226 Å². The average molecular weight is 1870 g/mol. The predicted molar refractivity (Wildman–Crippen MR) is 475 cm³/mol. The number of rotatable bonds is 57. The van der Waals surface area contributed by atoms with Crippen LogP contribution in [0.3, 0.4) is 0 Å². The van der Waals surface area contributed by atoms with E-state index in [9.17, 15) is 57.5 Å². The zero-order valence-electron chi connectivity index (χ0n) is 78.2. The van der Waals surface area contributed by atoms with Crippen molar-refractivity contribution in [1.29, 1.82) is 0 Å². The van der Waals surface area contributed by atoms with Gasteiger partial charge in [-0.2, -0.15) is 0 Å². The molecule has 0 aliphatic carbocycles. The third-order valence-corrected chi connectivity index (χ3v) is 22.1. The number of ether oxygens (including phenoxy) is 19. The van der Waals surface area contributed by atoms with Gasteiger partial charge in [0.2, 0.25) is 5.91 Å². The fourth-order valence-corrected chi connectivity index (χ4v) is 15.8. The molecular weight excluding hydrogens is 1730 g/mol. The summed E-state index contributed by atoms with van der Waals surface area (Å²) in [7, 11) is 0.820. The summed E-state index contributed by atoms with van der Waals surface area (Å²) >= 11 is 0. The molecule has 3 heterocycles. The molecule has 0 unspecified atom stereocenters. The van der Waals surface area contributed by atoms with Gasteiger partial charge in [-0.15, -0.1) is 0 Å². The van der Waals surface area contributed by atoms with Crippen molar-refractivity contribution >= 4 is 83.5 Å². The Hall–Kier alpha value is -11.0. The molecule has 0 saturated carbocycles. The smallest absolute Gasteiger partial charge is 0.366 e. The Morgan fingerprint density at radius 3 is 1.29 bits per heavy atom. The molecule has 0 radical (unpaired) electrons. The Morgan fingerprint density at radius 2 is 0.827 bits per heavy atom. The highest BCUT2D eigenvalue weighted by atomic mass is 16.8. The number of hydrogen-bond donors (Lipinski definition) is 1. The van der Waals surface area contributed by atoms with E-state index in [0.29, 0.717) is 12.8 Å². The molecule has 3 fully saturated rings. The molecule has 0 bridgehead atoms. The first-order chi connectivity index (χ1) is 63.9. The van der Waals surface area contributed by atoms with E-state index >= 15 is 9.59 Å². The molecule has 0 aromatic heterocycles. The van der Waals surface area contributed by atoms with E-state index in [1.165, 1.54) is 125 Å². The maximum Gasteiger partial charge on any atom is 0.366 e. The summed E-state index contributed by atoms with van der Waals surface area (Å²) in [6.45, 7) is 8.12. The number of benzene rings is 4. The van der Waals surface area contributed by atoms with E-state index in [-0.39, 0.29) is 28.7 Å². The quantitative estimate of drug-likeness (QED) is 0.0186. The molecule has 3 aliphatic heterocycles. The standard InChI is InChI=1S/C99H133NO33/c1-12-14-16-18-20-22-24-26-27-29-31-33-47-57-77(127-94(112)74-53-43-37-44-54-74)76(100-82(109)58-48-34-32-30-28-25-23-21-19-17-15-13-2)60-119-96-90(130-95(113)75-55-45-38-46-56-75)87(125-70(9)107)84(80(128-96)62-117-92(110)72-49-39-35-40-50-72)131-97-91(126-71(10)108)89(86(124-69(8)106)81(129-97)63-118-93(111)73-51-41-36-42-52-73)133-99(98(114)115-11)59-78(120-65(4)102)83(122-67(6)104)88(132-99)85(123-68(7)105)79(121-66(5)103)61-116-64(3)101/h35-47,49-57,76-81,83-91,96-97H,12-34,48,58-63H2,1-11H3,(H,100,109)/b57-47+/t76-,77+,78-,79+,80+,81+,83+,84+,85+,86-,87-,88-,89-,90+,91+,96+,97+,99-/m0/s1. The van der Waals surface area contributed by atoms with Crippen molar-refractivity contribution in [2.45, 2.75) is 346 Å². The van der Waals surface area contributed by atoms with Crippen LogP contribution in [0.15, 0.2) is 133 Å². The van der Waals surface area contributed by atoms with Crippen molar-refractivity contribution in [3.63, 3.8) is 0 Å². The highest BCUT2D eigenvalue weighted by Crippen LogP contribution is 2.44. The van der Waals surface area contributed by atoms with Crippen LogP contribution >= 0.6 is 0 Å². The van der Waals surface area contributed by atoms with Gasteiger partial charge in [-0.1, -0.05) is 228 Å². The van der Waals surface area contributed by atoms with E-state index in [2.05, 4.69) is 19.2 Å². The highest BCUT2D eigenvalue weighted by Gasteiger charge is 2.65. The Bertz CT molecular complexity index is 4320. The van der Waals surface area contributed by atoms with Gasteiger partial charge in [-0.3, -0.25) is 43.2 Å². The summed E-state index contributed by atoms with van der Waals surface area (Å²) in [5.74, 6) is -18.4. The number of methoxy groups -OCH3 is 1. The van der Waals surface area contributed by atoms with Crippen LogP contribution in [-0.2, 0) is 138 Å². The third-order valence-electron chi connectivity index (χ3n) is 22.1. The molecule has 1 N–H and O–H groups in total.